The molecule has 0 aliphatic carbocycles. The molecule has 0 radical (unpaired) electrons. The number of aromatic hydroxyl groups is 1. The predicted molar refractivity (Wildman–Crippen MR) is 102 cm³/mol. The summed E-state index contributed by atoms with van der Waals surface area (Å²) in [7, 11) is 1.44. The SMILES string of the molecule is CCOC(=O)c1sc2ncn(N=Cc3ccc(O)c(OC)c3)c(=O)c2c1C. The van der Waals surface area contributed by atoms with Crippen LogP contribution in [0.4, 0.5) is 0 Å². The van der Waals surface area contributed by atoms with Gasteiger partial charge in [-0.05, 0) is 43.2 Å². The second-order valence-corrected chi connectivity index (χ2v) is 6.53. The van der Waals surface area contributed by atoms with Crippen molar-refractivity contribution in [1.29, 1.82) is 0 Å². The summed E-state index contributed by atoms with van der Waals surface area (Å²) >= 11 is 1.12. The minimum atomic E-state index is -0.469. The molecule has 3 aromatic rings. The quantitative estimate of drug-likeness (QED) is 0.533. The summed E-state index contributed by atoms with van der Waals surface area (Å²) in [6.45, 7) is 3.66. The Morgan fingerprint density at radius 2 is 2.22 bits per heavy atom. The number of hydrogen-bond donors (Lipinski definition) is 1. The number of aromatic nitrogens is 2. The van der Waals surface area contributed by atoms with E-state index in [9.17, 15) is 14.7 Å². The van der Waals surface area contributed by atoms with Gasteiger partial charge in [0, 0.05) is 0 Å². The number of ether oxygens (including phenoxy) is 2. The molecule has 1 N–H and O–H groups in total. The van der Waals surface area contributed by atoms with Crippen molar-refractivity contribution in [2.24, 2.45) is 5.10 Å². The second kappa shape index (κ2) is 7.58. The van der Waals surface area contributed by atoms with Crippen molar-refractivity contribution in [2.75, 3.05) is 13.7 Å². The number of methoxy groups -OCH3 is 1. The van der Waals surface area contributed by atoms with Crippen LogP contribution in [0.25, 0.3) is 10.2 Å². The molecule has 27 heavy (non-hydrogen) atoms. The molecule has 0 unspecified atom stereocenters. The minimum absolute atomic E-state index is 0.00953. The van der Waals surface area contributed by atoms with Crippen LogP contribution in [0.1, 0.15) is 27.7 Å². The summed E-state index contributed by atoms with van der Waals surface area (Å²) in [4.78, 5) is 29.8. The Labute approximate surface area is 158 Å². The van der Waals surface area contributed by atoms with Crippen LogP contribution in [-0.2, 0) is 4.74 Å². The highest BCUT2D eigenvalue weighted by atomic mass is 32.1. The summed E-state index contributed by atoms with van der Waals surface area (Å²) in [5.74, 6) is -0.161. The first-order valence-corrected chi connectivity index (χ1v) is 8.87. The monoisotopic (exact) mass is 387 g/mol. The molecule has 0 spiro atoms. The van der Waals surface area contributed by atoms with Crippen LogP contribution in [0.15, 0.2) is 34.4 Å². The standard InChI is InChI=1S/C18H17N3O5S/c1-4-26-18(24)15-10(2)14-16(27-15)19-9-21(17(14)23)20-8-11-5-6-12(22)13(7-11)25-3/h5-9,22H,4H2,1-3H3. The number of hydrogen-bond acceptors (Lipinski definition) is 8. The maximum absolute atomic E-state index is 12.7. The van der Waals surface area contributed by atoms with E-state index in [1.54, 1.807) is 26.0 Å². The maximum Gasteiger partial charge on any atom is 0.348 e. The topological polar surface area (TPSA) is 103 Å². The fourth-order valence-electron chi connectivity index (χ4n) is 2.49. The van der Waals surface area contributed by atoms with Crippen LogP contribution in [0.3, 0.4) is 0 Å². The van der Waals surface area contributed by atoms with E-state index in [1.807, 2.05) is 0 Å². The van der Waals surface area contributed by atoms with E-state index >= 15 is 0 Å². The van der Waals surface area contributed by atoms with Gasteiger partial charge in [-0.15, -0.1) is 11.3 Å². The van der Waals surface area contributed by atoms with Crippen molar-refractivity contribution in [3.05, 3.63) is 50.9 Å². The number of carbonyl (C=O) groups is 1. The van der Waals surface area contributed by atoms with Gasteiger partial charge < -0.3 is 14.6 Å². The fraction of sp³-hybridized carbons (Fsp3) is 0.222. The number of phenolic OH excluding ortho intramolecular Hbond substituents is 1. The molecular weight excluding hydrogens is 370 g/mol. The van der Waals surface area contributed by atoms with E-state index in [2.05, 4.69) is 10.1 Å². The average Bonchev–Trinajstić information content (AvgIpc) is 3.00. The number of rotatable bonds is 5. The number of fused-ring (bicyclic) bond motifs is 1. The molecule has 140 valence electrons. The molecule has 0 atom stereocenters. The third-order valence-electron chi connectivity index (χ3n) is 3.83. The zero-order valence-electron chi connectivity index (χ0n) is 14.9. The fourth-order valence-corrected chi connectivity index (χ4v) is 3.53. The van der Waals surface area contributed by atoms with Gasteiger partial charge in [0.05, 0.1) is 25.3 Å². The van der Waals surface area contributed by atoms with Gasteiger partial charge in [0.25, 0.3) is 5.56 Å². The van der Waals surface area contributed by atoms with Crippen LogP contribution in [-0.4, -0.2) is 40.7 Å². The molecule has 9 heteroatoms. The summed E-state index contributed by atoms with van der Waals surface area (Å²) in [5, 5.41) is 14.1. The number of phenols is 1. The van der Waals surface area contributed by atoms with E-state index in [4.69, 9.17) is 9.47 Å². The van der Waals surface area contributed by atoms with Crippen LogP contribution in [0.5, 0.6) is 11.5 Å². The summed E-state index contributed by atoms with van der Waals surface area (Å²) in [6.07, 6.45) is 2.74. The molecule has 0 saturated carbocycles. The van der Waals surface area contributed by atoms with Crippen molar-refractivity contribution < 1.29 is 19.4 Å². The first-order valence-electron chi connectivity index (χ1n) is 8.05. The summed E-state index contributed by atoms with van der Waals surface area (Å²) < 4.78 is 11.2. The number of aryl methyl sites for hydroxylation is 1. The molecule has 1 aromatic carbocycles. The number of carbonyl (C=O) groups excluding carboxylic acids is 1. The van der Waals surface area contributed by atoms with Crippen molar-refractivity contribution >= 4 is 33.7 Å². The van der Waals surface area contributed by atoms with Crippen molar-refractivity contribution in [3.63, 3.8) is 0 Å². The number of benzene rings is 1. The first kappa shape index (κ1) is 18.6. The van der Waals surface area contributed by atoms with Crippen molar-refractivity contribution in [3.8, 4) is 11.5 Å². The van der Waals surface area contributed by atoms with Gasteiger partial charge in [-0.2, -0.15) is 9.78 Å². The third kappa shape index (κ3) is 3.54. The van der Waals surface area contributed by atoms with Crippen LogP contribution < -0.4 is 10.3 Å². The average molecular weight is 387 g/mol. The number of nitrogens with zero attached hydrogens (tertiary/aromatic N) is 3. The first-order chi connectivity index (χ1) is 13.0. The van der Waals surface area contributed by atoms with E-state index in [0.29, 0.717) is 32.0 Å². The Bertz CT molecular complexity index is 1100. The Morgan fingerprint density at radius 1 is 1.44 bits per heavy atom. The predicted octanol–water partition coefficient (Wildman–Crippen LogP) is 2.54. The Morgan fingerprint density at radius 3 is 2.93 bits per heavy atom. The molecule has 3 rings (SSSR count). The number of thiophene rings is 1. The van der Waals surface area contributed by atoms with Crippen LogP contribution in [0.2, 0.25) is 0 Å². The van der Waals surface area contributed by atoms with E-state index in [-0.39, 0.29) is 17.9 Å². The van der Waals surface area contributed by atoms with Crippen LogP contribution >= 0.6 is 11.3 Å². The molecule has 0 amide bonds. The zero-order valence-corrected chi connectivity index (χ0v) is 15.7. The number of esters is 1. The molecule has 2 aromatic heterocycles. The largest absolute Gasteiger partial charge is 0.504 e. The lowest BCUT2D eigenvalue weighted by atomic mass is 10.2. The van der Waals surface area contributed by atoms with Gasteiger partial charge in [0.15, 0.2) is 11.5 Å². The smallest absolute Gasteiger partial charge is 0.348 e. The van der Waals surface area contributed by atoms with E-state index < -0.39 is 5.97 Å². The molecule has 0 aliphatic heterocycles. The highest BCUT2D eigenvalue weighted by Gasteiger charge is 2.20. The summed E-state index contributed by atoms with van der Waals surface area (Å²) in [5.41, 5.74) is 0.777. The van der Waals surface area contributed by atoms with Crippen LogP contribution in [0, 0.1) is 6.92 Å². The van der Waals surface area contributed by atoms with Gasteiger partial charge >= 0.3 is 5.97 Å². The highest BCUT2D eigenvalue weighted by Crippen LogP contribution is 2.27. The molecule has 0 aliphatic rings. The van der Waals surface area contributed by atoms with Gasteiger partial charge in [-0.1, -0.05) is 0 Å². The Kier molecular flexibility index (Phi) is 5.22. The second-order valence-electron chi connectivity index (χ2n) is 5.53. The highest BCUT2D eigenvalue weighted by molar-refractivity contribution is 7.20. The Hall–Kier alpha value is -3.20. The van der Waals surface area contributed by atoms with Gasteiger partial charge in [-0.3, -0.25) is 4.79 Å². The third-order valence-corrected chi connectivity index (χ3v) is 5.01. The molecular formula is C18H17N3O5S. The zero-order chi connectivity index (χ0) is 19.6. The van der Waals surface area contributed by atoms with Gasteiger partial charge in [0.1, 0.15) is 16.0 Å². The normalized spacial score (nSPS) is 11.2. The lowest BCUT2D eigenvalue weighted by Gasteiger charge is -2.03. The molecule has 8 nitrogen and oxygen atoms in total. The lowest BCUT2D eigenvalue weighted by molar-refractivity contribution is 0.0531. The molecule has 0 saturated heterocycles. The minimum Gasteiger partial charge on any atom is -0.504 e. The van der Waals surface area contributed by atoms with Gasteiger partial charge in [-0.25, -0.2) is 9.78 Å². The Balaban J connectivity index is 2.01. The van der Waals surface area contributed by atoms with Crippen molar-refractivity contribution in [1.82, 2.24) is 9.66 Å². The van der Waals surface area contributed by atoms with E-state index in [1.165, 1.54) is 25.7 Å². The van der Waals surface area contributed by atoms with E-state index in [0.717, 1.165) is 16.0 Å². The lowest BCUT2D eigenvalue weighted by Crippen LogP contribution is -2.17. The molecule has 2 heterocycles. The molecule has 0 bridgehead atoms. The van der Waals surface area contributed by atoms with Crippen molar-refractivity contribution in [2.45, 2.75) is 13.8 Å². The maximum atomic E-state index is 12.7. The molecule has 0 fully saturated rings. The summed E-state index contributed by atoms with van der Waals surface area (Å²) in [6, 6.07) is 4.69. The van der Waals surface area contributed by atoms with Gasteiger partial charge in [0.2, 0.25) is 0 Å².